The number of carbonyl (C=O) groups is 1. The first kappa shape index (κ1) is 12.7. The van der Waals surface area contributed by atoms with E-state index in [0.717, 1.165) is 22.3 Å². The van der Waals surface area contributed by atoms with Crippen LogP contribution in [0.25, 0.3) is 0 Å². The summed E-state index contributed by atoms with van der Waals surface area (Å²) in [5, 5.41) is 3.06. The Kier molecular flexibility index (Phi) is 3.69. The lowest BCUT2D eigenvalue weighted by Crippen LogP contribution is -2.10. The minimum atomic E-state index is -4.48. The first-order valence-corrected chi connectivity index (χ1v) is 5.15. The monoisotopic (exact) mass is 250 g/mol. The van der Waals surface area contributed by atoms with Gasteiger partial charge in [0.2, 0.25) is 5.91 Å². The van der Waals surface area contributed by atoms with Crippen LogP contribution in [0, 0.1) is 0 Å². The van der Waals surface area contributed by atoms with Crippen molar-refractivity contribution in [1.82, 2.24) is 4.98 Å². The first-order valence-electron chi connectivity index (χ1n) is 4.27. The Bertz CT molecular complexity index is 419. The highest BCUT2D eigenvalue weighted by Crippen LogP contribution is 2.31. The molecule has 3 nitrogen and oxygen atoms in total. The summed E-state index contributed by atoms with van der Waals surface area (Å²) >= 11 is 0.740. The molecule has 1 amide bonds. The Balaban J connectivity index is 2.74. The second-order valence-corrected chi connectivity index (χ2v) is 4.10. The molecule has 0 saturated heterocycles. The van der Waals surface area contributed by atoms with Gasteiger partial charge in [0.15, 0.2) is 10.8 Å². The van der Waals surface area contributed by atoms with Gasteiger partial charge in [0.1, 0.15) is 0 Å². The fourth-order valence-electron chi connectivity index (χ4n) is 0.865. The van der Waals surface area contributed by atoms with Gasteiger partial charge >= 0.3 is 6.18 Å². The third kappa shape index (κ3) is 3.65. The molecule has 16 heavy (non-hydrogen) atoms. The average molecular weight is 250 g/mol. The van der Waals surface area contributed by atoms with Crippen LogP contribution in [0.3, 0.4) is 0 Å². The number of anilines is 1. The zero-order chi connectivity index (χ0) is 12.3. The van der Waals surface area contributed by atoms with E-state index in [9.17, 15) is 18.0 Å². The fourth-order valence-corrected chi connectivity index (χ4v) is 1.59. The van der Waals surface area contributed by atoms with Crippen LogP contribution in [0.15, 0.2) is 17.0 Å². The fraction of sp³-hybridized carbons (Fsp3) is 0.333. The largest absolute Gasteiger partial charge is 0.434 e. The summed E-state index contributed by atoms with van der Waals surface area (Å²) in [7, 11) is 0. The summed E-state index contributed by atoms with van der Waals surface area (Å²) in [6, 6.07) is 0. The predicted molar refractivity (Wildman–Crippen MR) is 55.2 cm³/mol. The van der Waals surface area contributed by atoms with Gasteiger partial charge in [0, 0.05) is 11.5 Å². The van der Waals surface area contributed by atoms with Crippen LogP contribution in [-0.4, -0.2) is 10.9 Å². The van der Waals surface area contributed by atoms with Gasteiger partial charge in [-0.1, -0.05) is 5.57 Å². The molecule has 1 rings (SSSR count). The van der Waals surface area contributed by atoms with Crippen molar-refractivity contribution < 1.29 is 18.0 Å². The minimum absolute atomic E-state index is 0.0603. The number of hydrogen-bond acceptors (Lipinski definition) is 3. The van der Waals surface area contributed by atoms with E-state index in [1.54, 1.807) is 13.8 Å². The molecule has 1 aromatic rings. The van der Waals surface area contributed by atoms with Crippen LogP contribution in [0.2, 0.25) is 0 Å². The second-order valence-electron chi connectivity index (χ2n) is 3.25. The van der Waals surface area contributed by atoms with Crippen molar-refractivity contribution in [1.29, 1.82) is 0 Å². The molecule has 0 aromatic carbocycles. The SMILES string of the molecule is CC(C)=CC(=O)Nc1nc(C(F)(F)F)cs1. The van der Waals surface area contributed by atoms with Gasteiger partial charge in [-0.05, 0) is 13.8 Å². The summed E-state index contributed by atoms with van der Waals surface area (Å²) in [6.07, 6.45) is -3.19. The molecule has 0 aliphatic carbocycles. The van der Waals surface area contributed by atoms with Crippen LogP contribution in [0.5, 0.6) is 0 Å². The van der Waals surface area contributed by atoms with E-state index in [2.05, 4.69) is 10.3 Å². The van der Waals surface area contributed by atoms with Crippen LogP contribution < -0.4 is 5.32 Å². The van der Waals surface area contributed by atoms with Crippen molar-refractivity contribution in [2.75, 3.05) is 5.32 Å². The number of rotatable bonds is 2. The third-order valence-electron chi connectivity index (χ3n) is 1.44. The number of amides is 1. The highest BCUT2D eigenvalue weighted by atomic mass is 32.1. The average Bonchev–Trinajstić information content (AvgIpc) is 2.49. The molecule has 0 radical (unpaired) electrons. The lowest BCUT2D eigenvalue weighted by Gasteiger charge is -2.00. The third-order valence-corrected chi connectivity index (χ3v) is 2.20. The second kappa shape index (κ2) is 4.65. The van der Waals surface area contributed by atoms with E-state index in [1.807, 2.05) is 0 Å². The molecule has 1 aromatic heterocycles. The van der Waals surface area contributed by atoms with Crippen molar-refractivity contribution in [3.63, 3.8) is 0 Å². The minimum Gasteiger partial charge on any atom is -0.298 e. The van der Waals surface area contributed by atoms with Gasteiger partial charge in [0.05, 0.1) is 0 Å². The zero-order valence-electron chi connectivity index (χ0n) is 8.55. The van der Waals surface area contributed by atoms with Gasteiger partial charge in [-0.15, -0.1) is 11.3 Å². The number of hydrogen-bond donors (Lipinski definition) is 1. The smallest absolute Gasteiger partial charge is 0.298 e. The van der Waals surface area contributed by atoms with E-state index in [0.29, 0.717) is 0 Å². The summed E-state index contributed by atoms with van der Waals surface area (Å²) in [6.45, 7) is 3.42. The van der Waals surface area contributed by atoms with Crippen molar-refractivity contribution in [3.8, 4) is 0 Å². The van der Waals surface area contributed by atoms with Crippen molar-refractivity contribution in [3.05, 3.63) is 22.7 Å². The molecule has 0 aliphatic rings. The lowest BCUT2D eigenvalue weighted by molar-refractivity contribution is -0.140. The standard InChI is InChI=1S/C9H9F3N2OS/c1-5(2)3-7(15)14-8-13-6(4-16-8)9(10,11)12/h3-4H,1-2H3,(H,13,14,15). The number of thiazole rings is 1. The lowest BCUT2D eigenvalue weighted by atomic mass is 10.3. The number of alkyl halides is 3. The Morgan fingerprint density at radius 1 is 1.50 bits per heavy atom. The van der Waals surface area contributed by atoms with E-state index in [4.69, 9.17) is 0 Å². The normalized spacial score (nSPS) is 11.1. The van der Waals surface area contributed by atoms with E-state index >= 15 is 0 Å². The van der Waals surface area contributed by atoms with E-state index < -0.39 is 17.8 Å². The van der Waals surface area contributed by atoms with Crippen molar-refractivity contribution >= 4 is 22.4 Å². The number of aromatic nitrogens is 1. The Hall–Kier alpha value is -1.37. The quantitative estimate of drug-likeness (QED) is 0.819. The molecule has 0 fully saturated rings. The maximum Gasteiger partial charge on any atom is 0.434 e. The van der Waals surface area contributed by atoms with Crippen LogP contribution in [0.1, 0.15) is 19.5 Å². The molecule has 0 unspecified atom stereocenters. The highest BCUT2D eigenvalue weighted by Gasteiger charge is 2.33. The van der Waals surface area contributed by atoms with Gasteiger partial charge < -0.3 is 0 Å². The predicted octanol–water partition coefficient (Wildman–Crippen LogP) is 3.07. The summed E-state index contributed by atoms with van der Waals surface area (Å²) < 4.78 is 36.5. The maximum atomic E-state index is 12.2. The summed E-state index contributed by atoms with van der Waals surface area (Å²) in [5.74, 6) is -0.483. The number of nitrogens with zero attached hydrogens (tertiary/aromatic N) is 1. The molecule has 0 bridgehead atoms. The van der Waals surface area contributed by atoms with E-state index in [1.165, 1.54) is 6.08 Å². The van der Waals surface area contributed by atoms with Gasteiger partial charge in [-0.2, -0.15) is 13.2 Å². The number of allylic oxidation sites excluding steroid dienone is 1. The topological polar surface area (TPSA) is 42.0 Å². The van der Waals surface area contributed by atoms with E-state index in [-0.39, 0.29) is 5.13 Å². The number of nitrogens with one attached hydrogen (secondary N) is 1. The van der Waals surface area contributed by atoms with Gasteiger partial charge in [-0.3, -0.25) is 10.1 Å². The summed E-state index contributed by atoms with van der Waals surface area (Å²) in [5.41, 5.74) is -0.241. The number of carbonyl (C=O) groups excluding carboxylic acids is 1. The molecule has 0 saturated carbocycles. The molecule has 0 aliphatic heterocycles. The van der Waals surface area contributed by atoms with Crippen LogP contribution >= 0.6 is 11.3 Å². The van der Waals surface area contributed by atoms with Crippen molar-refractivity contribution in [2.45, 2.75) is 20.0 Å². The van der Waals surface area contributed by atoms with Gasteiger partial charge in [-0.25, -0.2) is 4.98 Å². The molecule has 1 heterocycles. The zero-order valence-corrected chi connectivity index (χ0v) is 9.37. The molecular weight excluding hydrogens is 241 g/mol. The Morgan fingerprint density at radius 2 is 2.12 bits per heavy atom. The van der Waals surface area contributed by atoms with Crippen molar-refractivity contribution in [2.24, 2.45) is 0 Å². The first-order chi connectivity index (χ1) is 7.29. The van der Waals surface area contributed by atoms with Gasteiger partial charge in [0.25, 0.3) is 0 Å². The molecule has 0 atom stereocenters. The summed E-state index contributed by atoms with van der Waals surface area (Å²) in [4.78, 5) is 14.4. The molecule has 0 spiro atoms. The highest BCUT2D eigenvalue weighted by molar-refractivity contribution is 7.14. The molecule has 7 heteroatoms. The Labute approximate surface area is 94.0 Å². The molecular formula is C9H9F3N2OS. The molecule has 88 valence electrons. The van der Waals surface area contributed by atoms with Crippen LogP contribution in [-0.2, 0) is 11.0 Å². The molecule has 1 N–H and O–H groups in total. The number of halogens is 3. The van der Waals surface area contributed by atoms with Crippen LogP contribution in [0.4, 0.5) is 18.3 Å². The maximum absolute atomic E-state index is 12.2. The Morgan fingerprint density at radius 3 is 2.56 bits per heavy atom.